The minimum atomic E-state index is -1.10. The van der Waals surface area contributed by atoms with Crippen LogP contribution in [0.15, 0.2) is 42.7 Å². The summed E-state index contributed by atoms with van der Waals surface area (Å²) in [6, 6.07) is 6.17. The van der Waals surface area contributed by atoms with Crippen molar-refractivity contribution in [2.75, 3.05) is 10.6 Å². The molecule has 0 bridgehead atoms. The standard InChI is InChI=1S/C21H18F2N4O3/c1-11-17(20(29)25-13-6-7-15(22)16(23)9-13)12(2)27(3)18(11)19(28)21(30)26-14-5-4-8-24-10-14/h4-10H,1-3H3,(H,25,29)(H,26,30). The van der Waals surface area contributed by atoms with E-state index in [1.54, 1.807) is 26.1 Å². The van der Waals surface area contributed by atoms with Crippen molar-refractivity contribution < 1.29 is 23.2 Å². The van der Waals surface area contributed by atoms with Crippen molar-refractivity contribution >= 4 is 29.0 Å². The van der Waals surface area contributed by atoms with Crippen molar-refractivity contribution in [2.24, 2.45) is 7.05 Å². The Balaban J connectivity index is 1.88. The monoisotopic (exact) mass is 412 g/mol. The second-order valence-electron chi connectivity index (χ2n) is 6.60. The molecule has 0 atom stereocenters. The first kappa shape index (κ1) is 20.8. The number of benzene rings is 1. The average Bonchev–Trinajstić information content (AvgIpc) is 2.93. The molecule has 2 heterocycles. The molecule has 9 heteroatoms. The van der Waals surface area contributed by atoms with Crippen LogP contribution in [0.2, 0.25) is 0 Å². The summed E-state index contributed by atoms with van der Waals surface area (Å²) < 4.78 is 27.9. The number of Topliss-reactive ketones (excluding diaryl/α,β-unsaturated/α-hetero) is 1. The van der Waals surface area contributed by atoms with Gasteiger partial charge in [0.25, 0.3) is 17.6 Å². The van der Waals surface area contributed by atoms with Gasteiger partial charge in [0.15, 0.2) is 11.6 Å². The summed E-state index contributed by atoms with van der Waals surface area (Å²) in [4.78, 5) is 41.7. The molecule has 0 aliphatic rings. The van der Waals surface area contributed by atoms with E-state index in [-0.39, 0.29) is 16.9 Å². The van der Waals surface area contributed by atoms with Crippen LogP contribution in [0.25, 0.3) is 0 Å². The van der Waals surface area contributed by atoms with Crippen LogP contribution in [-0.2, 0) is 11.8 Å². The Labute approximate surface area is 170 Å². The first-order valence-corrected chi connectivity index (χ1v) is 8.88. The third-order valence-corrected chi connectivity index (χ3v) is 4.68. The molecule has 3 aromatic rings. The molecule has 0 saturated heterocycles. The maximum Gasteiger partial charge on any atom is 0.298 e. The number of nitrogens with one attached hydrogen (secondary N) is 2. The lowest BCUT2D eigenvalue weighted by Crippen LogP contribution is -2.25. The third-order valence-electron chi connectivity index (χ3n) is 4.68. The number of halogens is 2. The number of anilines is 2. The second kappa shape index (κ2) is 8.24. The number of carbonyl (C=O) groups is 3. The topological polar surface area (TPSA) is 93.1 Å². The lowest BCUT2D eigenvalue weighted by Gasteiger charge is -2.07. The van der Waals surface area contributed by atoms with Crippen LogP contribution in [0.3, 0.4) is 0 Å². The van der Waals surface area contributed by atoms with E-state index in [2.05, 4.69) is 15.6 Å². The zero-order valence-electron chi connectivity index (χ0n) is 16.4. The Morgan fingerprint density at radius 2 is 1.73 bits per heavy atom. The fourth-order valence-corrected chi connectivity index (χ4v) is 3.13. The summed E-state index contributed by atoms with van der Waals surface area (Å²) in [5.74, 6) is -4.45. The fourth-order valence-electron chi connectivity index (χ4n) is 3.13. The van der Waals surface area contributed by atoms with E-state index in [0.717, 1.165) is 12.1 Å². The van der Waals surface area contributed by atoms with Gasteiger partial charge >= 0.3 is 0 Å². The minimum Gasteiger partial charge on any atom is -0.344 e. The van der Waals surface area contributed by atoms with Crippen LogP contribution < -0.4 is 10.6 Å². The second-order valence-corrected chi connectivity index (χ2v) is 6.60. The number of pyridine rings is 1. The molecule has 7 nitrogen and oxygen atoms in total. The SMILES string of the molecule is Cc1c(C(=O)Nc2ccc(F)c(F)c2)c(C)n(C)c1C(=O)C(=O)Nc1cccnc1. The number of hydrogen-bond acceptors (Lipinski definition) is 4. The molecule has 0 saturated carbocycles. The molecule has 2 amide bonds. The largest absolute Gasteiger partial charge is 0.344 e. The van der Waals surface area contributed by atoms with Crippen LogP contribution in [0.5, 0.6) is 0 Å². The number of nitrogens with zero attached hydrogens (tertiary/aromatic N) is 2. The van der Waals surface area contributed by atoms with Gasteiger partial charge in [0.2, 0.25) is 0 Å². The molecule has 0 aliphatic heterocycles. The van der Waals surface area contributed by atoms with E-state index >= 15 is 0 Å². The average molecular weight is 412 g/mol. The molecule has 3 rings (SSSR count). The molecule has 0 radical (unpaired) electrons. The Hall–Kier alpha value is -3.88. The Morgan fingerprint density at radius 3 is 2.37 bits per heavy atom. The van der Waals surface area contributed by atoms with Gasteiger partial charge < -0.3 is 15.2 Å². The van der Waals surface area contributed by atoms with E-state index < -0.39 is 29.2 Å². The van der Waals surface area contributed by atoms with Gasteiger partial charge in [-0.05, 0) is 43.7 Å². The lowest BCUT2D eigenvalue weighted by molar-refractivity contribution is -0.112. The van der Waals surface area contributed by atoms with Crippen molar-refractivity contribution in [2.45, 2.75) is 13.8 Å². The highest BCUT2D eigenvalue weighted by Gasteiger charge is 2.28. The first-order valence-electron chi connectivity index (χ1n) is 8.88. The van der Waals surface area contributed by atoms with E-state index in [1.807, 2.05) is 0 Å². The lowest BCUT2D eigenvalue weighted by atomic mass is 10.1. The maximum atomic E-state index is 13.4. The summed E-state index contributed by atoms with van der Waals surface area (Å²) in [7, 11) is 1.56. The highest BCUT2D eigenvalue weighted by Crippen LogP contribution is 2.24. The zero-order valence-corrected chi connectivity index (χ0v) is 16.4. The molecule has 0 unspecified atom stereocenters. The highest BCUT2D eigenvalue weighted by atomic mass is 19.2. The van der Waals surface area contributed by atoms with E-state index in [9.17, 15) is 23.2 Å². The Morgan fingerprint density at radius 1 is 1.00 bits per heavy atom. The van der Waals surface area contributed by atoms with Gasteiger partial charge in [-0.25, -0.2) is 8.78 Å². The number of hydrogen-bond donors (Lipinski definition) is 2. The van der Waals surface area contributed by atoms with Crippen molar-refractivity contribution in [3.8, 4) is 0 Å². The molecule has 1 aromatic carbocycles. The zero-order chi connectivity index (χ0) is 22.0. The molecular weight excluding hydrogens is 394 g/mol. The smallest absolute Gasteiger partial charge is 0.298 e. The fraction of sp³-hybridized carbons (Fsp3) is 0.143. The summed E-state index contributed by atoms with van der Waals surface area (Å²) >= 11 is 0. The molecule has 0 fully saturated rings. The predicted molar refractivity (Wildman–Crippen MR) is 106 cm³/mol. The van der Waals surface area contributed by atoms with Crippen LogP contribution in [0.4, 0.5) is 20.2 Å². The molecule has 30 heavy (non-hydrogen) atoms. The summed E-state index contributed by atoms with van der Waals surface area (Å²) in [6.07, 6.45) is 2.93. The van der Waals surface area contributed by atoms with Gasteiger partial charge in [-0.3, -0.25) is 19.4 Å². The van der Waals surface area contributed by atoms with Crippen molar-refractivity contribution in [1.82, 2.24) is 9.55 Å². The molecular formula is C21H18F2N4O3. The molecule has 0 spiro atoms. The van der Waals surface area contributed by atoms with Crippen LogP contribution in [0, 0.1) is 25.5 Å². The summed E-state index contributed by atoms with van der Waals surface area (Å²) in [6.45, 7) is 3.15. The molecule has 2 aromatic heterocycles. The number of amides is 2. The quantitative estimate of drug-likeness (QED) is 0.496. The number of rotatable bonds is 5. The van der Waals surface area contributed by atoms with Gasteiger partial charge in [-0.15, -0.1) is 0 Å². The van der Waals surface area contributed by atoms with Crippen LogP contribution in [0.1, 0.15) is 32.1 Å². The molecule has 2 N–H and O–H groups in total. The molecule has 154 valence electrons. The number of aromatic nitrogens is 2. The van der Waals surface area contributed by atoms with E-state index in [4.69, 9.17) is 0 Å². The van der Waals surface area contributed by atoms with Gasteiger partial charge in [-0.1, -0.05) is 0 Å². The Kier molecular flexibility index (Phi) is 5.72. The van der Waals surface area contributed by atoms with Crippen molar-refractivity contribution in [1.29, 1.82) is 0 Å². The van der Waals surface area contributed by atoms with Gasteiger partial charge in [0.05, 0.1) is 23.1 Å². The predicted octanol–water partition coefficient (Wildman–Crippen LogP) is 3.39. The van der Waals surface area contributed by atoms with Crippen molar-refractivity contribution in [3.05, 3.63) is 76.9 Å². The normalized spacial score (nSPS) is 10.6. The highest BCUT2D eigenvalue weighted by molar-refractivity contribution is 6.46. The Bertz CT molecular complexity index is 1160. The first-order chi connectivity index (χ1) is 14.2. The van der Waals surface area contributed by atoms with Gasteiger partial charge in [0.1, 0.15) is 0 Å². The third kappa shape index (κ3) is 3.95. The van der Waals surface area contributed by atoms with E-state index in [0.29, 0.717) is 16.9 Å². The molecule has 0 aliphatic carbocycles. The van der Waals surface area contributed by atoms with E-state index in [1.165, 1.54) is 30.0 Å². The van der Waals surface area contributed by atoms with Crippen LogP contribution >= 0.6 is 0 Å². The van der Waals surface area contributed by atoms with Crippen LogP contribution in [-0.4, -0.2) is 27.1 Å². The number of ketones is 1. The number of carbonyl (C=O) groups excluding carboxylic acids is 3. The van der Waals surface area contributed by atoms with Crippen molar-refractivity contribution in [3.63, 3.8) is 0 Å². The summed E-state index contributed by atoms with van der Waals surface area (Å²) in [5.41, 5.74) is 1.36. The van der Waals surface area contributed by atoms with Gasteiger partial charge in [-0.2, -0.15) is 0 Å². The summed E-state index contributed by atoms with van der Waals surface area (Å²) in [5, 5.41) is 4.94. The van der Waals surface area contributed by atoms with Gasteiger partial charge in [0, 0.05) is 30.7 Å². The maximum absolute atomic E-state index is 13.4. The minimum absolute atomic E-state index is 0.0457.